The number of amides is 3. The quantitative estimate of drug-likeness (QED) is 0.196. The molecule has 1 saturated carbocycles. The minimum atomic E-state index is -0.336. The molecule has 10 nitrogen and oxygen atoms in total. The van der Waals surface area contributed by atoms with Gasteiger partial charge in [0, 0.05) is 50.8 Å². The van der Waals surface area contributed by atoms with Crippen LogP contribution in [0.1, 0.15) is 72.9 Å². The number of hydrogen-bond acceptors (Lipinski definition) is 6. The summed E-state index contributed by atoms with van der Waals surface area (Å²) in [6.45, 7) is 2.23. The van der Waals surface area contributed by atoms with Gasteiger partial charge in [-0.05, 0) is 85.7 Å². The van der Waals surface area contributed by atoms with Crippen molar-refractivity contribution in [2.24, 2.45) is 5.92 Å². The summed E-state index contributed by atoms with van der Waals surface area (Å²) in [4.78, 5) is 47.2. The highest BCUT2D eigenvalue weighted by molar-refractivity contribution is 6.04. The average molecular weight is 633 g/mol. The van der Waals surface area contributed by atoms with Crippen LogP contribution in [-0.4, -0.2) is 52.3 Å². The van der Waals surface area contributed by atoms with Crippen molar-refractivity contribution in [2.75, 3.05) is 30.4 Å². The SMILES string of the molecule is CN(C(=O)CC1CCCC1)c1ccc2c(c1)nc(NC(=O)c1cccc(OCc3cccc(C#N)c3)c1)n2CCCN1CCCC1=O. The summed E-state index contributed by atoms with van der Waals surface area (Å²) in [5, 5.41) is 12.2. The molecule has 4 aromatic rings. The fraction of sp³-hybridized carbons (Fsp3) is 0.378. The Hall–Kier alpha value is -5.17. The first-order valence-electron chi connectivity index (χ1n) is 16.5. The van der Waals surface area contributed by atoms with Gasteiger partial charge in [0.05, 0.1) is 22.7 Å². The predicted octanol–water partition coefficient (Wildman–Crippen LogP) is 6.29. The smallest absolute Gasteiger partial charge is 0.258 e. The molecule has 3 amide bonds. The van der Waals surface area contributed by atoms with Gasteiger partial charge in [-0.25, -0.2) is 4.98 Å². The lowest BCUT2D eigenvalue weighted by Crippen LogP contribution is -2.27. The van der Waals surface area contributed by atoms with Crippen LogP contribution in [0.4, 0.5) is 11.6 Å². The molecule has 47 heavy (non-hydrogen) atoms. The Morgan fingerprint density at radius 1 is 1.04 bits per heavy atom. The number of carbonyl (C=O) groups is 3. The molecule has 1 aliphatic carbocycles. The highest BCUT2D eigenvalue weighted by Crippen LogP contribution is 2.30. The number of fused-ring (bicyclic) bond motifs is 1. The van der Waals surface area contributed by atoms with E-state index >= 15 is 0 Å². The summed E-state index contributed by atoms with van der Waals surface area (Å²) < 4.78 is 7.91. The Labute approximate surface area is 274 Å². The highest BCUT2D eigenvalue weighted by Gasteiger charge is 2.23. The van der Waals surface area contributed by atoms with Crippen molar-refractivity contribution in [3.05, 3.63) is 83.4 Å². The summed E-state index contributed by atoms with van der Waals surface area (Å²) in [6.07, 6.45) is 7.35. The van der Waals surface area contributed by atoms with Crippen molar-refractivity contribution < 1.29 is 19.1 Å². The molecule has 6 rings (SSSR count). The summed E-state index contributed by atoms with van der Waals surface area (Å²) >= 11 is 0. The number of nitriles is 1. The standard InChI is InChI=1S/C37H40N6O4/c1-41(35(45)21-26-8-2-3-9-26)30-15-16-33-32(23-30)39-37(43(33)19-7-18-42-17-6-14-34(42)44)40-36(46)29-12-5-13-31(22-29)47-25-28-11-4-10-27(20-28)24-38/h4-5,10-13,15-16,20,22-23,26H,2-3,6-9,14,17-19,21,25H2,1H3,(H,39,40,46). The van der Waals surface area contributed by atoms with Crippen LogP contribution in [0.2, 0.25) is 0 Å². The third kappa shape index (κ3) is 7.63. The Morgan fingerprint density at radius 2 is 1.87 bits per heavy atom. The van der Waals surface area contributed by atoms with Crippen LogP contribution >= 0.6 is 0 Å². The molecule has 1 N–H and O–H groups in total. The van der Waals surface area contributed by atoms with E-state index in [0.717, 1.165) is 42.6 Å². The van der Waals surface area contributed by atoms with Crippen LogP contribution in [0.3, 0.4) is 0 Å². The van der Waals surface area contributed by atoms with E-state index in [4.69, 9.17) is 9.72 Å². The van der Waals surface area contributed by atoms with E-state index in [1.165, 1.54) is 12.8 Å². The number of imidazole rings is 1. The molecule has 0 radical (unpaired) electrons. The van der Waals surface area contributed by atoms with Crippen LogP contribution in [-0.2, 0) is 22.7 Å². The molecule has 0 bridgehead atoms. The zero-order valence-corrected chi connectivity index (χ0v) is 26.8. The maximum atomic E-state index is 13.5. The predicted molar refractivity (Wildman–Crippen MR) is 180 cm³/mol. The minimum Gasteiger partial charge on any atom is -0.489 e. The molecule has 0 spiro atoms. The van der Waals surface area contributed by atoms with Gasteiger partial charge in [-0.15, -0.1) is 0 Å². The molecular formula is C37H40N6O4. The Morgan fingerprint density at radius 3 is 2.66 bits per heavy atom. The van der Waals surface area contributed by atoms with Gasteiger partial charge in [0.15, 0.2) is 0 Å². The summed E-state index contributed by atoms with van der Waals surface area (Å²) in [7, 11) is 1.81. The minimum absolute atomic E-state index is 0.0966. The maximum Gasteiger partial charge on any atom is 0.258 e. The number of aromatic nitrogens is 2. The van der Waals surface area contributed by atoms with Gasteiger partial charge in [-0.1, -0.05) is 31.0 Å². The lowest BCUT2D eigenvalue weighted by Gasteiger charge is -2.19. The fourth-order valence-corrected chi connectivity index (χ4v) is 6.55. The average Bonchev–Trinajstić information content (AvgIpc) is 3.84. The van der Waals surface area contributed by atoms with E-state index < -0.39 is 0 Å². The number of benzene rings is 3. The largest absolute Gasteiger partial charge is 0.489 e. The van der Waals surface area contributed by atoms with Crippen molar-refractivity contribution >= 4 is 40.4 Å². The van der Waals surface area contributed by atoms with Gasteiger partial charge in [-0.3, -0.25) is 19.7 Å². The van der Waals surface area contributed by atoms with Crippen molar-refractivity contribution in [3.63, 3.8) is 0 Å². The van der Waals surface area contributed by atoms with E-state index in [0.29, 0.717) is 66.6 Å². The van der Waals surface area contributed by atoms with Crippen molar-refractivity contribution in [3.8, 4) is 11.8 Å². The van der Waals surface area contributed by atoms with Gasteiger partial charge in [0.2, 0.25) is 17.8 Å². The number of anilines is 2. The lowest BCUT2D eigenvalue weighted by atomic mass is 10.0. The second kappa shape index (κ2) is 14.5. The van der Waals surface area contributed by atoms with Gasteiger partial charge >= 0.3 is 0 Å². The van der Waals surface area contributed by atoms with Gasteiger partial charge < -0.3 is 19.1 Å². The molecule has 1 saturated heterocycles. The van der Waals surface area contributed by atoms with E-state index in [1.54, 1.807) is 48.3 Å². The highest BCUT2D eigenvalue weighted by atomic mass is 16.5. The third-order valence-corrected chi connectivity index (χ3v) is 9.20. The van der Waals surface area contributed by atoms with E-state index in [2.05, 4.69) is 11.4 Å². The van der Waals surface area contributed by atoms with Gasteiger partial charge in [-0.2, -0.15) is 5.26 Å². The maximum absolute atomic E-state index is 13.5. The summed E-state index contributed by atoms with van der Waals surface area (Å²) in [5.74, 6) is 1.32. The topological polar surface area (TPSA) is 121 Å². The first-order valence-corrected chi connectivity index (χ1v) is 16.5. The number of likely N-dealkylation sites (tertiary alicyclic amines) is 1. The van der Waals surface area contributed by atoms with E-state index in [1.807, 2.05) is 39.8 Å². The van der Waals surface area contributed by atoms with Crippen LogP contribution in [0, 0.1) is 17.2 Å². The first-order chi connectivity index (χ1) is 22.9. The number of ether oxygens (including phenoxy) is 1. The first kappa shape index (κ1) is 31.8. The normalized spacial score (nSPS) is 14.8. The molecule has 2 heterocycles. The Bertz CT molecular complexity index is 1820. The third-order valence-electron chi connectivity index (χ3n) is 9.20. The van der Waals surface area contributed by atoms with Crippen molar-refractivity contribution in [1.29, 1.82) is 5.26 Å². The zero-order valence-electron chi connectivity index (χ0n) is 26.8. The molecule has 0 unspecified atom stereocenters. The number of hydrogen-bond donors (Lipinski definition) is 1. The number of carbonyl (C=O) groups excluding carboxylic acids is 3. The summed E-state index contributed by atoms with van der Waals surface area (Å²) in [5.41, 5.74) is 4.10. The molecule has 1 aromatic heterocycles. The number of nitrogens with zero attached hydrogens (tertiary/aromatic N) is 5. The number of nitrogens with one attached hydrogen (secondary N) is 1. The lowest BCUT2D eigenvalue weighted by molar-refractivity contribution is -0.127. The second-order valence-corrected chi connectivity index (χ2v) is 12.5. The van der Waals surface area contributed by atoms with E-state index in [-0.39, 0.29) is 24.3 Å². The Kier molecular flexibility index (Phi) is 9.81. The number of aryl methyl sites for hydroxylation is 1. The fourth-order valence-electron chi connectivity index (χ4n) is 6.55. The van der Waals surface area contributed by atoms with Crippen LogP contribution in [0.5, 0.6) is 5.75 Å². The van der Waals surface area contributed by atoms with Crippen molar-refractivity contribution in [2.45, 2.75) is 64.5 Å². The second-order valence-electron chi connectivity index (χ2n) is 12.5. The van der Waals surface area contributed by atoms with Crippen LogP contribution in [0.15, 0.2) is 66.7 Å². The molecular weight excluding hydrogens is 592 g/mol. The van der Waals surface area contributed by atoms with Crippen LogP contribution in [0.25, 0.3) is 11.0 Å². The monoisotopic (exact) mass is 632 g/mol. The molecule has 0 atom stereocenters. The Balaban J connectivity index is 1.20. The summed E-state index contributed by atoms with van der Waals surface area (Å²) in [6, 6.07) is 22.0. The molecule has 2 fully saturated rings. The molecule has 10 heteroatoms. The molecule has 3 aromatic carbocycles. The van der Waals surface area contributed by atoms with Crippen LogP contribution < -0.4 is 15.0 Å². The number of rotatable bonds is 12. The van der Waals surface area contributed by atoms with Gasteiger partial charge in [0.1, 0.15) is 12.4 Å². The molecule has 242 valence electrons. The van der Waals surface area contributed by atoms with E-state index in [9.17, 15) is 19.6 Å². The van der Waals surface area contributed by atoms with Crippen molar-refractivity contribution in [1.82, 2.24) is 14.5 Å². The molecule has 1 aliphatic heterocycles. The molecule has 2 aliphatic rings. The zero-order chi connectivity index (χ0) is 32.8. The van der Waals surface area contributed by atoms with Gasteiger partial charge in [0.25, 0.3) is 5.91 Å².